The van der Waals surface area contributed by atoms with Crippen LogP contribution in [0.15, 0.2) is 48.5 Å². The van der Waals surface area contributed by atoms with Gasteiger partial charge in [-0.2, -0.15) is 5.10 Å². The lowest BCUT2D eigenvalue weighted by atomic mass is 10.1. The maximum absolute atomic E-state index is 9.43. The van der Waals surface area contributed by atoms with E-state index in [2.05, 4.69) is 16.3 Å². The number of H-pyrrole nitrogens is 1. The number of nitrogens with zero attached hydrogens (tertiary/aromatic N) is 1. The molecule has 0 saturated carbocycles. The Balaban J connectivity index is 2.00. The standard InChI is InChI=1S/C14H12N2O/c17-11-5-3-4-10(8-11)9-14-12-6-1-2-7-13(12)15-16-14/h1-8,17H,9H2,(H,15,16). The SMILES string of the molecule is Oc1cccc(Cc2[nH]nc3ccccc23)c1. The van der Waals surface area contributed by atoms with Crippen molar-refractivity contribution >= 4 is 10.9 Å². The van der Waals surface area contributed by atoms with Crippen LogP contribution in [0, 0.1) is 0 Å². The molecule has 0 fully saturated rings. The first kappa shape index (κ1) is 9.90. The van der Waals surface area contributed by atoms with Gasteiger partial charge in [-0.1, -0.05) is 30.3 Å². The third-order valence-corrected chi connectivity index (χ3v) is 2.83. The number of phenols is 1. The summed E-state index contributed by atoms with van der Waals surface area (Å²) in [7, 11) is 0. The second-order valence-electron chi connectivity index (χ2n) is 4.07. The molecule has 1 heterocycles. The number of hydrogen-bond donors (Lipinski definition) is 2. The van der Waals surface area contributed by atoms with E-state index in [0.717, 1.165) is 28.6 Å². The largest absolute Gasteiger partial charge is 0.508 e. The van der Waals surface area contributed by atoms with Crippen LogP contribution in [-0.4, -0.2) is 15.3 Å². The van der Waals surface area contributed by atoms with Gasteiger partial charge in [0.1, 0.15) is 5.75 Å². The molecule has 3 rings (SSSR count). The van der Waals surface area contributed by atoms with E-state index in [1.165, 1.54) is 0 Å². The smallest absolute Gasteiger partial charge is 0.115 e. The number of benzene rings is 2. The van der Waals surface area contributed by atoms with Gasteiger partial charge in [0.15, 0.2) is 0 Å². The first-order chi connectivity index (χ1) is 8.33. The Hall–Kier alpha value is -2.29. The van der Waals surface area contributed by atoms with E-state index >= 15 is 0 Å². The molecule has 0 radical (unpaired) electrons. The molecular formula is C14H12N2O. The van der Waals surface area contributed by atoms with Gasteiger partial charge in [-0.3, -0.25) is 5.10 Å². The van der Waals surface area contributed by atoms with Crippen molar-refractivity contribution in [1.29, 1.82) is 0 Å². The molecule has 0 unspecified atom stereocenters. The number of phenolic OH excluding ortho intramolecular Hbond substituents is 1. The lowest BCUT2D eigenvalue weighted by Crippen LogP contribution is -1.88. The molecule has 2 aromatic carbocycles. The van der Waals surface area contributed by atoms with Crippen LogP contribution >= 0.6 is 0 Å². The van der Waals surface area contributed by atoms with Crippen molar-refractivity contribution < 1.29 is 5.11 Å². The Morgan fingerprint density at radius 1 is 1.06 bits per heavy atom. The van der Waals surface area contributed by atoms with E-state index in [1.807, 2.05) is 30.3 Å². The second kappa shape index (κ2) is 3.94. The van der Waals surface area contributed by atoms with Gasteiger partial charge in [-0.25, -0.2) is 0 Å². The number of aromatic amines is 1. The van der Waals surface area contributed by atoms with Gasteiger partial charge in [-0.05, 0) is 23.8 Å². The molecule has 0 aliphatic rings. The molecule has 0 aliphatic heterocycles. The van der Waals surface area contributed by atoms with Crippen LogP contribution in [-0.2, 0) is 6.42 Å². The van der Waals surface area contributed by atoms with Gasteiger partial charge in [-0.15, -0.1) is 0 Å². The van der Waals surface area contributed by atoms with Crippen molar-refractivity contribution in [2.45, 2.75) is 6.42 Å². The van der Waals surface area contributed by atoms with Crippen molar-refractivity contribution in [3.05, 3.63) is 59.8 Å². The molecule has 3 aromatic rings. The van der Waals surface area contributed by atoms with E-state index in [0.29, 0.717) is 5.75 Å². The third kappa shape index (κ3) is 1.87. The molecule has 0 bridgehead atoms. The molecule has 3 nitrogen and oxygen atoms in total. The predicted molar refractivity (Wildman–Crippen MR) is 67.0 cm³/mol. The van der Waals surface area contributed by atoms with Gasteiger partial charge in [0, 0.05) is 17.5 Å². The van der Waals surface area contributed by atoms with Crippen LogP contribution in [0.1, 0.15) is 11.3 Å². The Morgan fingerprint density at radius 2 is 1.94 bits per heavy atom. The van der Waals surface area contributed by atoms with Gasteiger partial charge >= 0.3 is 0 Å². The molecule has 2 N–H and O–H groups in total. The summed E-state index contributed by atoms with van der Waals surface area (Å²) in [5.74, 6) is 0.298. The summed E-state index contributed by atoms with van der Waals surface area (Å²) in [5, 5.41) is 17.9. The summed E-state index contributed by atoms with van der Waals surface area (Å²) in [4.78, 5) is 0. The van der Waals surface area contributed by atoms with Crippen LogP contribution in [0.5, 0.6) is 5.75 Å². The molecule has 84 valence electrons. The highest BCUT2D eigenvalue weighted by atomic mass is 16.3. The monoisotopic (exact) mass is 224 g/mol. The molecule has 17 heavy (non-hydrogen) atoms. The van der Waals surface area contributed by atoms with Gasteiger partial charge in [0.2, 0.25) is 0 Å². The highest BCUT2D eigenvalue weighted by Gasteiger charge is 2.05. The highest BCUT2D eigenvalue weighted by molar-refractivity contribution is 5.81. The number of fused-ring (bicyclic) bond motifs is 1. The highest BCUT2D eigenvalue weighted by Crippen LogP contribution is 2.20. The number of rotatable bonds is 2. The van der Waals surface area contributed by atoms with Crippen molar-refractivity contribution in [2.24, 2.45) is 0 Å². The van der Waals surface area contributed by atoms with Crippen molar-refractivity contribution in [2.75, 3.05) is 0 Å². The van der Waals surface area contributed by atoms with E-state index < -0.39 is 0 Å². The predicted octanol–water partition coefficient (Wildman–Crippen LogP) is 2.86. The first-order valence-corrected chi connectivity index (χ1v) is 5.53. The molecule has 0 atom stereocenters. The van der Waals surface area contributed by atoms with Crippen molar-refractivity contribution in [3.8, 4) is 5.75 Å². The van der Waals surface area contributed by atoms with Crippen LogP contribution in [0.2, 0.25) is 0 Å². The molecule has 0 amide bonds. The quantitative estimate of drug-likeness (QED) is 0.703. The summed E-state index contributed by atoms with van der Waals surface area (Å²) in [6.45, 7) is 0. The molecule has 3 heteroatoms. The van der Waals surface area contributed by atoms with Crippen LogP contribution < -0.4 is 0 Å². The van der Waals surface area contributed by atoms with E-state index in [4.69, 9.17) is 0 Å². The summed E-state index contributed by atoms with van der Waals surface area (Å²) in [5.41, 5.74) is 3.12. The van der Waals surface area contributed by atoms with Crippen molar-refractivity contribution in [3.63, 3.8) is 0 Å². The lowest BCUT2D eigenvalue weighted by Gasteiger charge is -2.00. The first-order valence-electron chi connectivity index (χ1n) is 5.53. The Kier molecular flexibility index (Phi) is 2.29. The molecular weight excluding hydrogens is 212 g/mol. The minimum absolute atomic E-state index is 0.298. The van der Waals surface area contributed by atoms with E-state index in [9.17, 15) is 5.11 Å². The Morgan fingerprint density at radius 3 is 2.82 bits per heavy atom. The zero-order valence-electron chi connectivity index (χ0n) is 9.22. The fourth-order valence-corrected chi connectivity index (χ4v) is 2.02. The average molecular weight is 224 g/mol. The third-order valence-electron chi connectivity index (χ3n) is 2.83. The van der Waals surface area contributed by atoms with Gasteiger partial charge < -0.3 is 5.11 Å². The number of para-hydroxylation sites is 1. The number of hydrogen-bond acceptors (Lipinski definition) is 2. The molecule has 1 aromatic heterocycles. The Bertz CT molecular complexity index is 658. The zero-order valence-corrected chi connectivity index (χ0v) is 9.22. The van der Waals surface area contributed by atoms with Gasteiger partial charge in [0.05, 0.1) is 5.52 Å². The zero-order chi connectivity index (χ0) is 11.7. The fraction of sp³-hybridized carbons (Fsp3) is 0.0714. The molecule has 0 spiro atoms. The molecule has 0 saturated heterocycles. The summed E-state index contributed by atoms with van der Waals surface area (Å²) < 4.78 is 0. The van der Waals surface area contributed by atoms with Crippen molar-refractivity contribution in [1.82, 2.24) is 10.2 Å². The van der Waals surface area contributed by atoms with Gasteiger partial charge in [0.25, 0.3) is 0 Å². The Labute approximate surface area is 98.7 Å². The number of aromatic hydroxyl groups is 1. The maximum atomic E-state index is 9.43. The van der Waals surface area contributed by atoms with Crippen LogP contribution in [0.4, 0.5) is 0 Å². The second-order valence-corrected chi connectivity index (χ2v) is 4.07. The molecule has 0 aliphatic carbocycles. The summed E-state index contributed by atoms with van der Waals surface area (Å²) in [6.07, 6.45) is 0.745. The minimum Gasteiger partial charge on any atom is -0.508 e. The maximum Gasteiger partial charge on any atom is 0.115 e. The van der Waals surface area contributed by atoms with E-state index in [-0.39, 0.29) is 0 Å². The number of nitrogens with one attached hydrogen (secondary N) is 1. The van der Waals surface area contributed by atoms with Crippen LogP contribution in [0.25, 0.3) is 10.9 Å². The minimum atomic E-state index is 0.298. The average Bonchev–Trinajstić information content (AvgIpc) is 2.73. The number of aromatic nitrogens is 2. The summed E-state index contributed by atoms with van der Waals surface area (Å²) >= 11 is 0. The van der Waals surface area contributed by atoms with E-state index in [1.54, 1.807) is 12.1 Å². The normalized spacial score (nSPS) is 10.8. The fourth-order valence-electron chi connectivity index (χ4n) is 2.02. The topological polar surface area (TPSA) is 48.9 Å². The van der Waals surface area contributed by atoms with Crippen LogP contribution in [0.3, 0.4) is 0 Å². The summed E-state index contributed by atoms with van der Waals surface area (Å²) in [6, 6.07) is 15.3. The lowest BCUT2D eigenvalue weighted by molar-refractivity contribution is 0.474.